The van der Waals surface area contributed by atoms with Crippen LogP contribution in [-0.4, -0.2) is 47.8 Å². The summed E-state index contributed by atoms with van der Waals surface area (Å²) >= 11 is 0. The Bertz CT molecular complexity index is 658. The predicted molar refractivity (Wildman–Crippen MR) is 106 cm³/mol. The monoisotopic (exact) mass is 395 g/mol. The van der Waals surface area contributed by atoms with Crippen LogP contribution in [0.2, 0.25) is 0 Å². The van der Waals surface area contributed by atoms with Gasteiger partial charge in [0.25, 0.3) is 0 Å². The Balaban J connectivity index is 2.76. The van der Waals surface area contributed by atoms with Crippen molar-refractivity contribution >= 4 is 11.8 Å². The van der Waals surface area contributed by atoms with E-state index in [2.05, 4.69) is 18.8 Å². The van der Waals surface area contributed by atoms with Gasteiger partial charge in [-0.15, -0.1) is 0 Å². The molecule has 0 bridgehead atoms. The minimum atomic E-state index is -0.682. The number of carbonyl (C=O) groups excluding carboxylic acids is 2. The van der Waals surface area contributed by atoms with Gasteiger partial charge in [0.15, 0.2) is 23.0 Å². The molecule has 0 amide bonds. The fourth-order valence-corrected chi connectivity index (χ4v) is 2.73. The number of methoxy groups -OCH3 is 1. The molecule has 1 heterocycles. The Morgan fingerprint density at radius 3 is 2.32 bits per heavy atom. The molecule has 0 aliphatic rings. The third-order valence-electron chi connectivity index (χ3n) is 4.33. The second kappa shape index (κ2) is 11.0. The molecule has 1 aromatic heterocycles. The number of Topliss-reactive ketones (excluding diaryl/α,β-unsaturated/α-hetero) is 1. The molecule has 0 unspecified atom stereocenters. The highest BCUT2D eigenvalue weighted by Crippen LogP contribution is 2.29. The molecule has 0 aliphatic carbocycles. The molecule has 0 saturated carbocycles. The van der Waals surface area contributed by atoms with Gasteiger partial charge in [-0.3, -0.25) is 9.59 Å². The summed E-state index contributed by atoms with van der Waals surface area (Å²) in [6, 6.07) is 1.45. The molecule has 28 heavy (non-hydrogen) atoms. The first kappa shape index (κ1) is 23.9. The van der Waals surface area contributed by atoms with Gasteiger partial charge in [0.05, 0.1) is 19.1 Å². The van der Waals surface area contributed by atoms with E-state index in [9.17, 15) is 14.7 Å². The van der Waals surface area contributed by atoms with Crippen molar-refractivity contribution in [1.29, 1.82) is 0 Å². The Morgan fingerprint density at radius 2 is 1.79 bits per heavy atom. The van der Waals surface area contributed by atoms with Crippen molar-refractivity contribution in [3.8, 4) is 11.5 Å². The van der Waals surface area contributed by atoms with Crippen molar-refractivity contribution in [1.82, 2.24) is 4.98 Å². The predicted octanol–water partition coefficient (Wildman–Crippen LogP) is 3.63. The van der Waals surface area contributed by atoms with Gasteiger partial charge in [0, 0.05) is 25.3 Å². The van der Waals surface area contributed by atoms with Crippen LogP contribution in [0.4, 0.5) is 0 Å². The number of aromatic hydroxyl groups is 1. The molecule has 7 heteroatoms. The zero-order valence-electron chi connectivity index (χ0n) is 17.9. The normalized spacial score (nSPS) is 14.6. The van der Waals surface area contributed by atoms with Crippen LogP contribution in [0.1, 0.15) is 58.5 Å². The summed E-state index contributed by atoms with van der Waals surface area (Å²) in [6.45, 7) is 12.1. The summed E-state index contributed by atoms with van der Waals surface area (Å²) in [5.41, 5.74) is -0.118. The molecular weight excluding hydrogens is 362 g/mol. The van der Waals surface area contributed by atoms with E-state index in [1.54, 1.807) is 6.92 Å². The standard InChI is InChI=1S/C21H33NO6/c1-12(2)11-27-15(6)20(13(3)4)28-21(25)14(5)10-16(23)18-19(24)17(26-7)8-9-22-18/h8-9,12-15,20,24H,10-11H2,1-7H3/t14-,15+,20-/m1/s1. The van der Waals surface area contributed by atoms with Gasteiger partial charge in [-0.05, 0) is 18.8 Å². The summed E-state index contributed by atoms with van der Waals surface area (Å²) in [5.74, 6) is -1.33. The lowest BCUT2D eigenvalue weighted by molar-refractivity contribution is -0.165. The van der Waals surface area contributed by atoms with Crippen LogP contribution in [0, 0.1) is 17.8 Å². The first-order chi connectivity index (χ1) is 13.1. The van der Waals surface area contributed by atoms with E-state index in [4.69, 9.17) is 14.2 Å². The highest BCUT2D eigenvalue weighted by atomic mass is 16.6. The molecule has 0 saturated heterocycles. The largest absolute Gasteiger partial charge is 0.503 e. The molecule has 1 rings (SSSR count). The van der Waals surface area contributed by atoms with Crippen molar-refractivity contribution in [2.24, 2.45) is 17.8 Å². The highest BCUT2D eigenvalue weighted by molar-refractivity contribution is 5.99. The third kappa shape index (κ3) is 6.78. The molecule has 0 spiro atoms. The Morgan fingerprint density at radius 1 is 1.14 bits per heavy atom. The van der Waals surface area contributed by atoms with Crippen LogP contribution >= 0.6 is 0 Å². The van der Waals surface area contributed by atoms with E-state index in [-0.39, 0.29) is 35.6 Å². The Kier molecular flexibility index (Phi) is 9.38. The molecule has 7 nitrogen and oxygen atoms in total. The SMILES string of the molecule is COc1ccnc(C(=O)C[C@@H](C)C(=O)O[C@H](C(C)C)[C@H](C)OCC(C)C)c1O. The van der Waals surface area contributed by atoms with Gasteiger partial charge >= 0.3 is 5.97 Å². The number of esters is 1. The molecule has 0 radical (unpaired) electrons. The lowest BCUT2D eigenvalue weighted by Gasteiger charge is -2.29. The summed E-state index contributed by atoms with van der Waals surface area (Å²) in [5, 5.41) is 10.1. The maximum atomic E-state index is 12.5. The number of nitrogens with zero attached hydrogens (tertiary/aromatic N) is 1. The fraction of sp³-hybridized carbons (Fsp3) is 0.667. The number of aromatic nitrogens is 1. The van der Waals surface area contributed by atoms with Gasteiger partial charge in [-0.25, -0.2) is 4.98 Å². The van der Waals surface area contributed by atoms with Gasteiger partial charge < -0.3 is 19.3 Å². The number of hydrogen-bond donors (Lipinski definition) is 1. The van der Waals surface area contributed by atoms with Crippen molar-refractivity contribution in [3.05, 3.63) is 18.0 Å². The minimum Gasteiger partial charge on any atom is -0.503 e. The van der Waals surface area contributed by atoms with E-state index in [0.29, 0.717) is 12.5 Å². The summed E-state index contributed by atoms with van der Waals surface area (Å²) < 4.78 is 16.4. The zero-order valence-corrected chi connectivity index (χ0v) is 17.9. The summed E-state index contributed by atoms with van der Waals surface area (Å²) in [4.78, 5) is 28.9. The molecule has 0 aliphatic heterocycles. The average Bonchev–Trinajstić information content (AvgIpc) is 2.63. The molecule has 1 aromatic rings. The topological polar surface area (TPSA) is 95.0 Å². The van der Waals surface area contributed by atoms with Crippen molar-refractivity contribution < 1.29 is 28.9 Å². The summed E-state index contributed by atoms with van der Waals surface area (Å²) in [6.07, 6.45) is 0.584. The van der Waals surface area contributed by atoms with Gasteiger partial charge in [-0.1, -0.05) is 34.6 Å². The van der Waals surface area contributed by atoms with Crippen LogP contribution in [0.3, 0.4) is 0 Å². The average molecular weight is 395 g/mol. The number of hydrogen-bond acceptors (Lipinski definition) is 7. The molecular formula is C21H33NO6. The van der Waals surface area contributed by atoms with Crippen LogP contribution in [0.25, 0.3) is 0 Å². The molecule has 3 atom stereocenters. The zero-order chi connectivity index (χ0) is 21.4. The van der Waals surface area contributed by atoms with Crippen LogP contribution < -0.4 is 4.74 Å². The number of rotatable bonds is 11. The van der Waals surface area contributed by atoms with Crippen molar-refractivity contribution in [2.75, 3.05) is 13.7 Å². The maximum Gasteiger partial charge on any atom is 0.309 e. The van der Waals surface area contributed by atoms with E-state index >= 15 is 0 Å². The quantitative estimate of drug-likeness (QED) is 0.451. The van der Waals surface area contributed by atoms with Gasteiger partial charge in [0.2, 0.25) is 0 Å². The Labute approximate surface area is 167 Å². The highest BCUT2D eigenvalue weighted by Gasteiger charge is 2.30. The van der Waals surface area contributed by atoms with Crippen molar-refractivity contribution in [2.45, 2.75) is 60.2 Å². The van der Waals surface area contributed by atoms with Crippen LogP contribution in [-0.2, 0) is 14.3 Å². The lowest BCUT2D eigenvalue weighted by atomic mass is 10.00. The number of pyridine rings is 1. The van der Waals surface area contributed by atoms with Crippen LogP contribution in [0.15, 0.2) is 12.3 Å². The molecule has 0 aromatic carbocycles. The number of ketones is 1. The number of carbonyl (C=O) groups is 2. The Hall–Kier alpha value is -2.15. The smallest absolute Gasteiger partial charge is 0.309 e. The second-order valence-electron chi connectivity index (χ2n) is 7.82. The van der Waals surface area contributed by atoms with E-state index in [1.807, 2.05) is 20.8 Å². The first-order valence-electron chi connectivity index (χ1n) is 9.65. The molecule has 0 fully saturated rings. The van der Waals surface area contributed by atoms with E-state index in [0.717, 1.165) is 0 Å². The molecule has 158 valence electrons. The maximum absolute atomic E-state index is 12.5. The van der Waals surface area contributed by atoms with Gasteiger partial charge in [0.1, 0.15) is 6.10 Å². The minimum absolute atomic E-state index is 0.0677. The van der Waals surface area contributed by atoms with Gasteiger partial charge in [-0.2, -0.15) is 0 Å². The van der Waals surface area contributed by atoms with E-state index in [1.165, 1.54) is 19.4 Å². The van der Waals surface area contributed by atoms with Crippen LogP contribution in [0.5, 0.6) is 11.5 Å². The molecule has 1 N–H and O–H groups in total. The second-order valence-corrected chi connectivity index (χ2v) is 7.82. The summed E-state index contributed by atoms with van der Waals surface area (Å²) in [7, 11) is 1.39. The third-order valence-corrected chi connectivity index (χ3v) is 4.33. The first-order valence-corrected chi connectivity index (χ1v) is 9.65. The number of ether oxygens (including phenoxy) is 3. The van der Waals surface area contributed by atoms with Crippen molar-refractivity contribution in [3.63, 3.8) is 0 Å². The van der Waals surface area contributed by atoms with E-state index < -0.39 is 23.8 Å². The lowest BCUT2D eigenvalue weighted by Crippen LogP contribution is -2.38. The fourth-order valence-electron chi connectivity index (χ4n) is 2.73.